The first-order chi connectivity index (χ1) is 8.16. The summed E-state index contributed by atoms with van der Waals surface area (Å²) in [4.78, 5) is 12.8. The van der Waals surface area contributed by atoms with Gasteiger partial charge in [0, 0.05) is 25.9 Å². The fraction of sp³-hybridized carbons (Fsp3) is 0.462. The predicted molar refractivity (Wildman–Crippen MR) is 65.6 cm³/mol. The quantitative estimate of drug-likeness (QED) is 0.867. The Bertz CT molecular complexity index is 382. The van der Waals surface area contributed by atoms with E-state index in [1.165, 1.54) is 0 Å². The summed E-state index contributed by atoms with van der Waals surface area (Å²) in [6, 6.07) is 6.92. The number of hydrogen-bond donors (Lipinski definition) is 1. The lowest BCUT2D eigenvalue weighted by atomic mass is 10.2. The summed E-state index contributed by atoms with van der Waals surface area (Å²) in [6.45, 7) is 1.71. The number of carboxylic acid groups (broad SMARTS) is 1. The molecule has 0 spiro atoms. The first kappa shape index (κ1) is 11.9. The zero-order chi connectivity index (χ0) is 12.3. The van der Waals surface area contributed by atoms with Gasteiger partial charge in [-0.05, 0) is 37.1 Å². The van der Waals surface area contributed by atoms with Crippen molar-refractivity contribution in [2.45, 2.75) is 18.9 Å². The number of carbonyl (C=O) groups is 1. The standard InChI is InChI=1S/C13H17NO3/c1-14(9-12-3-2-8-17-12)11-6-4-10(5-7-11)13(15)16/h4-7,12H,2-3,8-9H2,1H3,(H,15,16). The average Bonchev–Trinajstić information content (AvgIpc) is 2.82. The van der Waals surface area contributed by atoms with Gasteiger partial charge in [-0.1, -0.05) is 0 Å². The van der Waals surface area contributed by atoms with Crippen LogP contribution in [0.4, 0.5) is 5.69 Å². The molecule has 1 aromatic carbocycles. The number of carboxylic acids is 1. The van der Waals surface area contributed by atoms with Crippen molar-refractivity contribution in [2.75, 3.05) is 25.1 Å². The summed E-state index contributed by atoms with van der Waals surface area (Å²) < 4.78 is 5.57. The zero-order valence-corrected chi connectivity index (χ0v) is 9.93. The van der Waals surface area contributed by atoms with E-state index in [9.17, 15) is 4.79 Å². The monoisotopic (exact) mass is 235 g/mol. The molecular weight excluding hydrogens is 218 g/mol. The highest BCUT2D eigenvalue weighted by Gasteiger charge is 2.17. The van der Waals surface area contributed by atoms with Crippen molar-refractivity contribution in [3.8, 4) is 0 Å². The maximum Gasteiger partial charge on any atom is 0.335 e. The van der Waals surface area contributed by atoms with Crippen LogP contribution in [0, 0.1) is 0 Å². The van der Waals surface area contributed by atoms with Crippen LogP contribution in [0.2, 0.25) is 0 Å². The van der Waals surface area contributed by atoms with Gasteiger partial charge in [-0.3, -0.25) is 0 Å². The number of anilines is 1. The Balaban J connectivity index is 1.98. The van der Waals surface area contributed by atoms with Crippen LogP contribution in [0.25, 0.3) is 0 Å². The summed E-state index contributed by atoms with van der Waals surface area (Å²) >= 11 is 0. The van der Waals surface area contributed by atoms with Crippen molar-refractivity contribution in [3.05, 3.63) is 29.8 Å². The molecule has 1 aromatic rings. The molecular formula is C13H17NO3. The fourth-order valence-electron chi connectivity index (χ4n) is 2.06. The summed E-state index contributed by atoms with van der Waals surface area (Å²) in [5.74, 6) is -0.890. The van der Waals surface area contributed by atoms with Crippen LogP contribution in [-0.4, -0.2) is 37.4 Å². The Morgan fingerprint density at radius 1 is 1.47 bits per heavy atom. The molecule has 4 nitrogen and oxygen atoms in total. The van der Waals surface area contributed by atoms with E-state index in [0.29, 0.717) is 11.7 Å². The van der Waals surface area contributed by atoms with Crippen molar-refractivity contribution in [2.24, 2.45) is 0 Å². The second kappa shape index (κ2) is 5.19. The molecule has 1 aliphatic rings. The average molecular weight is 235 g/mol. The van der Waals surface area contributed by atoms with Crippen LogP contribution in [0.5, 0.6) is 0 Å². The van der Waals surface area contributed by atoms with Gasteiger partial charge in [0.05, 0.1) is 11.7 Å². The van der Waals surface area contributed by atoms with E-state index in [-0.39, 0.29) is 0 Å². The van der Waals surface area contributed by atoms with Gasteiger partial charge in [-0.15, -0.1) is 0 Å². The minimum Gasteiger partial charge on any atom is -0.478 e. The lowest BCUT2D eigenvalue weighted by molar-refractivity contribution is 0.0697. The molecule has 0 saturated carbocycles. The minimum atomic E-state index is -0.890. The molecule has 1 N–H and O–H groups in total. The van der Waals surface area contributed by atoms with Crippen LogP contribution >= 0.6 is 0 Å². The molecule has 1 saturated heterocycles. The fourth-order valence-corrected chi connectivity index (χ4v) is 2.06. The highest BCUT2D eigenvalue weighted by molar-refractivity contribution is 5.88. The van der Waals surface area contributed by atoms with E-state index in [4.69, 9.17) is 9.84 Å². The van der Waals surface area contributed by atoms with E-state index in [1.54, 1.807) is 12.1 Å². The van der Waals surface area contributed by atoms with Crippen molar-refractivity contribution < 1.29 is 14.6 Å². The van der Waals surface area contributed by atoms with Crippen LogP contribution in [-0.2, 0) is 4.74 Å². The Labute approximate surface area is 101 Å². The number of hydrogen-bond acceptors (Lipinski definition) is 3. The summed E-state index contributed by atoms with van der Waals surface area (Å²) in [5.41, 5.74) is 1.34. The Hall–Kier alpha value is -1.55. The van der Waals surface area contributed by atoms with Crippen LogP contribution in [0.3, 0.4) is 0 Å². The maximum absolute atomic E-state index is 10.7. The van der Waals surface area contributed by atoms with Gasteiger partial charge in [0.15, 0.2) is 0 Å². The highest BCUT2D eigenvalue weighted by Crippen LogP contribution is 2.18. The molecule has 0 bridgehead atoms. The summed E-state index contributed by atoms with van der Waals surface area (Å²) in [6.07, 6.45) is 2.55. The predicted octanol–water partition coefficient (Wildman–Crippen LogP) is 2.00. The molecule has 1 fully saturated rings. The third-order valence-corrected chi connectivity index (χ3v) is 3.06. The van der Waals surface area contributed by atoms with Crippen LogP contribution < -0.4 is 4.90 Å². The Kier molecular flexibility index (Phi) is 3.64. The van der Waals surface area contributed by atoms with E-state index < -0.39 is 5.97 Å². The second-order valence-corrected chi connectivity index (χ2v) is 4.37. The van der Waals surface area contributed by atoms with Gasteiger partial charge in [0.25, 0.3) is 0 Å². The molecule has 1 atom stereocenters. The number of likely N-dealkylation sites (N-methyl/N-ethyl adjacent to an activating group) is 1. The third kappa shape index (κ3) is 2.97. The van der Waals surface area contributed by atoms with Crippen LogP contribution in [0.1, 0.15) is 23.2 Å². The van der Waals surface area contributed by atoms with Gasteiger partial charge in [-0.25, -0.2) is 4.79 Å². The summed E-state index contributed by atoms with van der Waals surface area (Å²) in [7, 11) is 2.00. The van der Waals surface area contributed by atoms with Crippen molar-refractivity contribution in [1.82, 2.24) is 0 Å². The number of aromatic carboxylic acids is 1. The van der Waals surface area contributed by atoms with Crippen molar-refractivity contribution in [1.29, 1.82) is 0 Å². The number of ether oxygens (including phenoxy) is 1. The number of benzene rings is 1. The van der Waals surface area contributed by atoms with E-state index in [2.05, 4.69) is 4.90 Å². The van der Waals surface area contributed by atoms with Crippen molar-refractivity contribution >= 4 is 11.7 Å². The van der Waals surface area contributed by atoms with Crippen molar-refractivity contribution in [3.63, 3.8) is 0 Å². The van der Waals surface area contributed by atoms with E-state index in [1.807, 2.05) is 19.2 Å². The van der Waals surface area contributed by atoms with Crippen LogP contribution in [0.15, 0.2) is 24.3 Å². The number of rotatable bonds is 4. The molecule has 0 amide bonds. The lowest BCUT2D eigenvalue weighted by Gasteiger charge is -2.22. The minimum absolute atomic E-state index is 0.305. The van der Waals surface area contributed by atoms with E-state index >= 15 is 0 Å². The van der Waals surface area contributed by atoms with Gasteiger partial charge in [0.1, 0.15) is 0 Å². The maximum atomic E-state index is 10.7. The molecule has 17 heavy (non-hydrogen) atoms. The summed E-state index contributed by atoms with van der Waals surface area (Å²) in [5, 5.41) is 8.81. The normalized spacial score (nSPS) is 19.2. The molecule has 1 aliphatic heterocycles. The molecule has 0 radical (unpaired) electrons. The van der Waals surface area contributed by atoms with E-state index in [0.717, 1.165) is 31.7 Å². The molecule has 92 valence electrons. The second-order valence-electron chi connectivity index (χ2n) is 4.37. The molecule has 0 aromatic heterocycles. The van der Waals surface area contributed by atoms with Gasteiger partial charge >= 0.3 is 5.97 Å². The Morgan fingerprint density at radius 3 is 2.71 bits per heavy atom. The largest absolute Gasteiger partial charge is 0.478 e. The first-order valence-electron chi connectivity index (χ1n) is 5.83. The molecule has 0 aliphatic carbocycles. The van der Waals surface area contributed by atoms with Gasteiger partial charge in [0.2, 0.25) is 0 Å². The van der Waals surface area contributed by atoms with Gasteiger partial charge in [-0.2, -0.15) is 0 Å². The molecule has 4 heteroatoms. The van der Waals surface area contributed by atoms with Gasteiger partial charge < -0.3 is 14.7 Å². The third-order valence-electron chi connectivity index (χ3n) is 3.06. The number of nitrogens with zero attached hydrogens (tertiary/aromatic N) is 1. The SMILES string of the molecule is CN(CC1CCCO1)c1ccc(C(=O)O)cc1. The molecule has 1 heterocycles. The molecule has 2 rings (SSSR count). The zero-order valence-electron chi connectivity index (χ0n) is 9.93. The molecule has 1 unspecified atom stereocenters. The first-order valence-corrected chi connectivity index (χ1v) is 5.83. The lowest BCUT2D eigenvalue weighted by Crippen LogP contribution is -2.28. The Morgan fingerprint density at radius 2 is 2.18 bits per heavy atom. The highest BCUT2D eigenvalue weighted by atomic mass is 16.5. The smallest absolute Gasteiger partial charge is 0.335 e. The topological polar surface area (TPSA) is 49.8 Å².